The number of aromatic nitrogens is 1. The minimum Gasteiger partial charge on any atom is -0.337 e. The van der Waals surface area contributed by atoms with E-state index in [-0.39, 0.29) is 18.1 Å². The highest BCUT2D eigenvalue weighted by Crippen LogP contribution is 2.27. The Morgan fingerprint density at radius 3 is 2.29 bits per heavy atom. The van der Waals surface area contributed by atoms with Gasteiger partial charge in [-0.3, -0.25) is 9.59 Å². The van der Waals surface area contributed by atoms with Crippen LogP contribution >= 0.6 is 23.2 Å². The van der Waals surface area contributed by atoms with Crippen LogP contribution < -0.4 is 15.5 Å². The summed E-state index contributed by atoms with van der Waals surface area (Å²) in [5, 5.41) is 7.40. The van der Waals surface area contributed by atoms with E-state index in [9.17, 15) is 14.4 Å². The first-order valence-corrected chi connectivity index (χ1v) is 11.4. The lowest BCUT2D eigenvalue weighted by Crippen LogP contribution is -2.30. The van der Waals surface area contributed by atoms with Crippen LogP contribution in [0, 0.1) is 0 Å². The second-order valence-corrected chi connectivity index (χ2v) is 8.76. The van der Waals surface area contributed by atoms with Crippen LogP contribution in [0.4, 0.5) is 16.2 Å². The molecule has 0 atom stereocenters. The van der Waals surface area contributed by atoms with Crippen LogP contribution in [0.3, 0.4) is 0 Å². The SMILES string of the molecule is O=C(Cn1cc(/C=C2/NC(=O)N(c3ccc(Cl)cc3)C2=O)c2ccccc21)Nc1ccc(Cl)cc1. The number of benzene rings is 3. The average Bonchev–Trinajstić information content (AvgIpc) is 3.32. The largest absolute Gasteiger partial charge is 0.337 e. The zero-order valence-corrected chi connectivity index (χ0v) is 19.7. The number of hydrogen-bond acceptors (Lipinski definition) is 3. The predicted octanol–water partition coefficient (Wildman–Crippen LogP) is 5.68. The maximum atomic E-state index is 13.0. The minimum absolute atomic E-state index is 0.0590. The Bertz CT molecular complexity index is 1490. The molecule has 35 heavy (non-hydrogen) atoms. The highest BCUT2D eigenvalue weighted by atomic mass is 35.5. The normalized spacial score (nSPS) is 14.6. The number of halogens is 2. The summed E-state index contributed by atoms with van der Waals surface area (Å²) in [4.78, 5) is 39.3. The lowest BCUT2D eigenvalue weighted by atomic mass is 10.1. The first-order valence-electron chi connectivity index (χ1n) is 10.6. The van der Waals surface area contributed by atoms with Crippen LogP contribution in [0.5, 0.6) is 0 Å². The van der Waals surface area contributed by atoms with Crippen LogP contribution in [0.25, 0.3) is 17.0 Å². The van der Waals surface area contributed by atoms with E-state index in [0.29, 0.717) is 27.0 Å². The molecule has 7 nitrogen and oxygen atoms in total. The number of hydrogen-bond donors (Lipinski definition) is 2. The van der Waals surface area contributed by atoms with Crippen LogP contribution in [-0.2, 0) is 16.1 Å². The molecule has 0 radical (unpaired) electrons. The van der Waals surface area contributed by atoms with E-state index in [4.69, 9.17) is 23.2 Å². The molecule has 1 saturated heterocycles. The third-order valence-electron chi connectivity index (χ3n) is 5.52. The molecule has 0 saturated carbocycles. The van der Waals surface area contributed by atoms with Crippen molar-refractivity contribution in [2.45, 2.75) is 6.54 Å². The molecule has 0 unspecified atom stereocenters. The molecule has 1 aliphatic rings. The highest BCUT2D eigenvalue weighted by molar-refractivity contribution is 6.31. The zero-order chi connectivity index (χ0) is 24.5. The summed E-state index contributed by atoms with van der Waals surface area (Å²) in [6.45, 7) is 0.0590. The van der Waals surface area contributed by atoms with Gasteiger partial charge in [0.05, 0.1) is 5.69 Å². The number of nitrogens with one attached hydrogen (secondary N) is 2. The predicted molar refractivity (Wildman–Crippen MR) is 137 cm³/mol. The van der Waals surface area contributed by atoms with Gasteiger partial charge in [0.1, 0.15) is 12.2 Å². The number of carbonyl (C=O) groups excluding carboxylic acids is 3. The van der Waals surface area contributed by atoms with Crippen molar-refractivity contribution in [2.75, 3.05) is 10.2 Å². The molecule has 0 spiro atoms. The molecule has 4 amide bonds. The van der Waals surface area contributed by atoms with Crippen molar-refractivity contribution >= 4 is 69.4 Å². The molecule has 2 N–H and O–H groups in total. The van der Waals surface area contributed by atoms with Gasteiger partial charge in [0.15, 0.2) is 0 Å². The summed E-state index contributed by atoms with van der Waals surface area (Å²) in [6, 6.07) is 20.3. The Hall–Kier alpha value is -4.07. The number of carbonyl (C=O) groups is 3. The third-order valence-corrected chi connectivity index (χ3v) is 6.03. The highest BCUT2D eigenvalue weighted by Gasteiger charge is 2.35. The second kappa shape index (κ2) is 9.29. The third kappa shape index (κ3) is 4.64. The molecule has 3 aromatic carbocycles. The number of anilines is 2. The van der Waals surface area contributed by atoms with Crippen LogP contribution in [0.2, 0.25) is 10.0 Å². The van der Waals surface area contributed by atoms with Crippen molar-refractivity contribution in [1.29, 1.82) is 0 Å². The van der Waals surface area contributed by atoms with E-state index in [1.54, 1.807) is 65.4 Å². The second-order valence-electron chi connectivity index (χ2n) is 7.89. The Labute approximate surface area is 210 Å². The van der Waals surface area contributed by atoms with Gasteiger partial charge in [0.25, 0.3) is 5.91 Å². The van der Waals surface area contributed by atoms with Gasteiger partial charge in [-0.05, 0) is 60.7 Å². The fraction of sp³-hybridized carbons (Fsp3) is 0.0385. The molecule has 2 heterocycles. The first kappa shape index (κ1) is 22.7. The maximum Gasteiger partial charge on any atom is 0.333 e. The van der Waals surface area contributed by atoms with Crippen molar-refractivity contribution < 1.29 is 14.4 Å². The van der Waals surface area contributed by atoms with Gasteiger partial charge in [0.2, 0.25) is 5.91 Å². The summed E-state index contributed by atoms with van der Waals surface area (Å²) >= 11 is 11.8. The Morgan fingerprint density at radius 2 is 1.57 bits per heavy atom. The molecule has 1 aromatic heterocycles. The number of amides is 4. The number of rotatable bonds is 5. The van der Waals surface area contributed by atoms with Crippen LogP contribution in [0.1, 0.15) is 5.56 Å². The van der Waals surface area contributed by atoms with E-state index >= 15 is 0 Å². The molecule has 4 aromatic rings. The average molecular weight is 505 g/mol. The Balaban J connectivity index is 1.42. The lowest BCUT2D eigenvalue weighted by molar-refractivity contribution is -0.116. The summed E-state index contributed by atoms with van der Waals surface area (Å²) in [7, 11) is 0. The van der Waals surface area contributed by atoms with E-state index in [1.165, 1.54) is 0 Å². The van der Waals surface area contributed by atoms with Gasteiger partial charge in [0, 0.05) is 38.4 Å². The van der Waals surface area contributed by atoms with Gasteiger partial charge in [-0.2, -0.15) is 0 Å². The molecule has 9 heteroatoms. The number of urea groups is 1. The van der Waals surface area contributed by atoms with Gasteiger partial charge in [-0.1, -0.05) is 41.4 Å². The van der Waals surface area contributed by atoms with E-state index in [0.717, 1.165) is 15.8 Å². The Morgan fingerprint density at radius 1 is 0.914 bits per heavy atom. The molecule has 1 aliphatic heterocycles. The number of para-hydroxylation sites is 1. The van der Waals surface area contributed by atoms with E-state index in [1.807, 2.05) is 24.3 Å². The molecule has 0 bridgehead atoms. The summed E-state index contributed by atoms with van der Waals surface area (Å²) in [6.07, 6.45) is 3.40. The number of imide groups is 1. The molecule has 5 rings (SSSR count). The van der Waals surface area contributed by atoms with Gasteiger partial charge >= 0.3 is 6.03 Å². The van der Waals surface area contributed by atoms with Crippen molar-refractivity contribution in [3.8, 4) is 0 Å². The quantitative estimate of drug-likeness (QED) is 0.270. The fourth-order valence-electron chi connectivity index (χ4n) is 3.92. The molecular weight excluding hydrogens is 487 g/mol. The summed E-state index contributed by atoms with van der Waals surface area (Å²) < 4.78 is 1.80. The first-order chi connectivity index (χ1) is 16.9. The topological polar surface area (TPSA) is 83.4 Å². The smallest absolute Gasteiger partial charge is 0.333 e. The van der Waals surface area contributed by atoms with Gasteiger partial charge in [-0.25, -0.2) is 9.69 Å². The molecule has 1 fully saturated rings. The number of nitrogens with zero attached hydrogens (tertiary/aromatic N) is 2. The summed E-state index contributed by atoms with van der Waals surface area (Å²) in [5.41, 5.74) is 2.71. The van der Waals surface area contributed by atoms with Crippen molar-refractivity contribution in [3.63, 3.8) is 0 Å². The monoisotopic (exact) mass is 504 g/mol. The van der Waals surface area contributed by atoms with Crippen molar-refractivity contribution in [3.05, 3.63) is 100 Å². The molecular formula is C26H18Cl2N4O3. The van der Waals surface area contributed by atoms with Crippen molar-refractivity contribution in [1.82, 2.24) is 9.88 Å². The van der Waals surface area contributed by atoms with Crippen LogP contribution in [-0.4, -0.2) is 22.4 Å². The number of fused-ring (bicyclic) bond motifs is 1. The van der Waals surface area contributed by atoms with Crippen LogP contribution in [0.15, 0.2) is 84.7 Å². The van der Waals surface area contributed by atoms with E-state index in [2.05, 4.69) is 10.6 Å². The van der Waals surface area contributed by atoms with Gasteiger partial charge in [-0.15, -0.1) is 0 Å². The lowest BCUT2D eigenvalue weighted by Gasteiger charge is -2.11. The summed E-state index contributed by atoms with van der Waals surface area (Å²) in [5.74, 6) is -0.693. The van der Waals surface area contributed by atoms with Gasteiger partial charge < -0.3 is 15.2 Å². The zero-order valence-electron chi connectivity index (χ0n) is 18.2. The van der Waals surface area contributed by atoms with Crippen molar-refractivity contribution in [2.24, 2.45) is 0 Å². The standard InChI is InChI=1S/C26H18Cl2N4O3/c27-17-5-9-19(10-6-17)29-24(33)15-31-14-16(21-3-1-2-4-23(21)31)13-22-25(34)32(26(35)30-22)20-11-7-18(28)8-12-20/h1-14H,15H2,(H,29,33)(H,30,35)/b22-13+. The molecule has 0 aliphatic carbocycles. The Kier molecular flexibility index (Phi) is 6.03. The fourth-order valence-corrected chi connectivity index (χ4v) is 4.18. The minimum atomic E-state index is -0.547. The van der Waals surface area contributed by atoms with E-state index < -0.39 is 11.9 Å². The maximum absolute atomic E-state index is 13.0. The molecule has 174 valence electrons.